The molecule has 0 unspecified atom stereocenters. The van der Waals surface area contributed by atoms with Gasteiger partial charge in [-0.1, -0.05) is 30.0 Å². The molecular formula is C13H12N2O2S. The van der Waals surface area contributed by atoms with E-state index in [0.717, 1.165) is 4.90 Å². The fraction of sp³-hybridized carbons (Fsp3) is 0.154. The van der Waals surface area contributed by atoms with Crippen molar-refractivity contribution < 1.29 is 9.53 Å². The van der Waals surface area contributed by atoms with Crippen LogP contribution in [0.3, 0.4) is 0 Å². The van der Waals surface area contributed by atoms with E-state index < -0.39 is 5.97 Å². The molecule has 1 aromatic heterocycles. The Labute approximate surface area is 109 Å². The van der Waals surface area contributed by atoms with E-state index in [9.17, 15) is 4.79 Å². The summed E-state index contributed by atoms with van der Waals surface area (Å²) < 4.78 is 4.72. The summed E-state index contributed by atoms with van der Waals surface area (Å²) in [5.41, 5.74) is 0.386. The van der Waals surface area contributed by atoms with E-state index >= 15 is 0 Å². The first kappa shape index (κ1) is 12.6. The molecule has 2 aromatic rings. The minimum atomic E-state index is -0.423. The molecule has 0 amide bonds. The summed E-state index contributed by atoms with van der Waals surface area (Å²) in [6.45, 7) is 1.79. The lowest BCUT2D eigenvalue weighted by Crippen LogP contribution is -2.06. The van der Waals surface area contributed by atoms with Crippen LogP contribution in [0.15, 0.2) is 46.5 Å². The van der Waals surface area contributed by atoms with Crippen LogP contribution in [0.4, 0.5) is 0 Å². The van der Waals surface area contributed by atoms with Crippen molar-refractivity contribution in [3.8, 4) is 0 Å². The van der Waals surface area contributed by atoms with E-state index in [0.29, 0.717) is 16.4 Å². The van der Waals surface area contributed by atoms with E-state index in [1.165, 1.54) is 25.1 Å². The number of rotatable bonds is 3. The van der Waals surface area contributed by atoms with Gasteiger partial charge in [-0.3, -0.25) is 0 Å². The van der Waals surface area contributed by atoms with Gasteiger partial charge in [0.15, 0.2) is 0 Å². The van der Waals surface area contributed by atoms with Gasteiger partial charge in [0, 0.05) is 11.1 Å². The molecule has 0 saturated carbocycles. The van der Waals surface area contributed by atoms with Crippen molar-refractivity contribution in [2.24, 2.45) is 0 Å². The molecular weight excluding hydrogens is 248 g/mol. The molecule has 0 radical (unpaired) electrons. The summed E-state index contributed by atoms with van der Waals surface area (Å²) in [7, 11) is 1.35. The maximum Gasteiger partial charge on any atom is 0.342 e. The van der Waals surface area contributed by atoms with Gasteiger partial charge in [0.05, 0.1) is 7.11 Å². The maximum absolute atomic E-state index is 11.6. The quantitative estimate of drug-likeness (QED) is 0.627. The number of esters is 1. The predicted molar refractivity (Wildman–Crippen MR) is 68.7 cm³/mol. The lowest BCUT2D eigenvalue weighted by molar-refractivity contribution is 0.0595. The van der Waals surface area contributed by atoms with E-state index in [2.05, 4.69) is 9.97 Å². The Morgan fingerprint density at radius 3 is 2.67 bits per heavy atom. The molecule has 0 bridgehead atoms. The molecule has 92 valence electrons. The third-order valence-electron chi connectivity index (χ3n) is 2.24. The fourth-order valence-corrected chi connectivity index (χ4v) is 2.32. The van der Waals surface area contributed by atoms with Crippen molar-refractivity contribution >= 4 is 17.7 Å². The summed E-state index contributed by atoms with van der Waals surface area (Å²) in [6.07, 6.45) is 1.50. The molecule has 0 aliphatic heterocycles. The zero-order chi connectivity index (χ0) is 13.0. The second-order valence-corrected chi connectivity index (χ2v) is 4.60. The molecule has 4 nitrogen and oxygen atoms in total. The summed E-state index contributed by atoms with van der Waals surface area (Å²) in [6, 6.07) is 9.74. The van der Waals surface area contributed by atoms with Crippen molar-refractivity contribution in [1.82, 2.24) is 9.97 Å². The third-order valence-corrected chi connectivity index (χ3v) is 3.25. The summed E-state index contributed by atoms with van der Waals surface area (Å²) in [5, 5.41) is 0.612. The Morgan fingerprint density at radius 1 is 1.28 bits per heavy atom. The first-order valence-electron chi connectivity index (χ1n) is 5.35. The summed E-state index contributed by atoms with van der Waals surface area (Å²) in [4.78, 5) is 20.9. The zero-order valence-electron chi connectivity index (χ0n) is 10.1. The lowest BCUT2D eigenvalue weighted by atomic mass is 10.3. The summed E-state index contributed by atoms with van der Waals surface area (Å²) in [5.74, 6) is 0.203. The normalized spacial score (nSPS) is 10.1. The number of carbonyl (C=O) groups is 1. The van der Waals surface area contributed by atoms with Gasteiger partial charge in [0.1, 0.15) is 16.4 Å². The van der Waals surface area contributed by atoms with Crippen LogP contribution in [0.25, 0.3) is 0 Å². The number of methoxy groups -OCH3 is 1. The maximum atomic E-state index is 11.6. The highest BCUT2D eigenvalue weighted by Crippen LogP contribution is 2.28. The van der Waals surface area contributed by atoms with E-state index in [-0.39, 0.29) is 0 Å². The van der Waals surface area contributed by atoms with Crippen molar-refractivity contribution in [1.29, 1.82) is 0 Å². The Balaban J connectivity index is 2.36. The molecule has 0 atom stereocenters. The molecule has 1 heterocycles. The largest absolute Gasteiger partial charge is 0.465 e. The SMILES string of the molecule is COC(=O)c1cnc(C)nc1Sc1ccccc1. The minimum Gasteiger partial charge on any atom is -0.465 e. The van der Waals surface area contributed by atoms with Gasteiger partial charge in [-0.2, -0.15) is 0 Å². The predicted octanol–water partition coefficient (Wildman–Crippen LogP) is 2.72. The molecule has 5 heteroatoms. The van der Waals surface area contributed by atoms with Gasteiger partial charge in [0.2, 0.25) is 0 Å². The van der Waals surface area contributed by atoms with Gasteiger partial charge >= 0.3 is 5.97 Å². The van der Waals surface area contributed by atoms with Gasteiger partial charge in [-0.15, -0.1) is 0 Å². The minimum absolute atomic E-state index is 0.386. The molecule has 18 heavy (non-hydrogen) atoms. The Morgan fingerprint density at radius 2 is 2.00 bits per heavy atom. The van der Waals surface area contributed by atoms with Crippen LogP contribution in [0.2, 0.25) is 0 Å². The fourth-order valence-electron chi connectivity index (χ4n) is 1.38. The second kappa shape index (κ2) is 5.64. The van der Waals surface area contributed by atoms with Crippen molar-refractivity contribution in [2.45, 2.75) is 16.8 Å². The average Bonchev–Trinajstić information content (AvgIpc) is 2.39. The third kappa shape index (κ3) is 2.87. The van der Waals surface area contributed by atoms with Gasteiger partial charge in [0.25, 0.3) is 0 Å². The number of aromatic nitrogens is 2. The number of benzene rings is 1. The van der Waals surface area contributed by atoms with E-state index in [1.807, 2.05) is 30.3 Å². The highest BCUT2D eigenvalue weighted by Gasteiger charge is 2.15. The topological polar surface area (TPSA) is 52.1 Å². The molecule has 0 aliphatic rings. The van der Waals surface area contributed by atoms with E-state index in [4.69, 9.17) is 4.74 Å². The van der Waals surface area contributed by atoms with Crippen LogP contribution in [-0.4, -0.2) is 23.0 Å². The monoisotopic (exact) mass is 260 g/mol. The van der Waals surface area contributed by atoms with Crippen LogP contribution >= 0.6 is 11.8 Å². The van der Waals surface area contributed by atoms with Crippen LogP contribution in [-0.2, 0) is 4.74 Å². The molecule has 2 rings (SSSR count). The first-order chi connectivity index (χ1) is 8.70. The zero-order valence-corrected chi connectivity index (χ0v) is 10.9. The Bertz CT molecular complexity index is 558. The average molecular weight is 260 g/mol. The first-order valence-corrected chi connectivity index (χ1v) is 6.17. The number of carbonyl (C=O) groups excluding carboxylic acids is 1. The van der Waals surface area contributed by atoms with Gasteiger partial charge < -0.3 is 4.74 Å². The molecule has 1 aromatic carbocycles. The number of hydrogen-bond donors (Lipinski definition) is 0. The number of hydrogen-bond acceptors (Lipinski definition) is 5. The Hall–Kier alpha value is -1.88. The van der Waals surface area contributed by atoms with Crippen molar-refractivity contribution in [3.05, 3.63) is 47.9 Å². The van der Waals surface area contributed by atoms with Crippen LogP contribution in [0, 0.1) is 6.92 Å². The standard InChI is InChI=1S/C13H12N2O2S/c1-9-14-8-11(13(16)17-2)12(15-9)18-10-6-4-3-5-7-10/h3-8H,1-2H3. The van der Waals surface area contributed by atoms with Crippen LogP contribution < -0.4 is 0 Å². The highest BCUT2D eigenvalue weighted by molar-refractivity contribution is 7.99. The molecule has 0 spiro atoms. The number of aryl methyl sites for hydroxylation is 1. The second-order valence-electron chi connectivity index (χ2n) is 3.54. The van der Waals surface area contributed by atoms with Gasteiger partial charge in [-0.25, -0.2) is 14.8 Å². The molecule has 0 N–H and O–H groups in total. The Kier molecular flexibility index (Phi) is 3.94. The van der Waals surface area contributed by atoms with Crippen LogP contribution in [0.5, 0.6) is 0 Å². The van der Waals surface area contributed by atoms with Crippen molar-refractivity contribution in [2.75, 3.05) is 7.11 Å². The van der Waals surface area contributed by atoms with Crippen LogP contribution in [0.1, 0.15) is 16.2 Å². The highest BCUT2D eigenvalue weighted by atomic mass is 32.2. The lowest BCUT2D eigenvalue weighted by Gasteiger charge is -2.06. The molecule has 0 aliphatic carbocycles. The number of ether oxygens (including phenoxy) is 1. The van der Waals surface area contributed by atoms with E-state index in [1.54, 1.807) is 6.92 Å². The molecule has 0 fully saturated rings. The van der Waals surface area contributed by atoms with Gasteiger partial charge in [-0.05, 0) is 19.1 Å². The molecule has 0 saturated heterocycles. The smallest absolute Gasteiger partial charge is 0.342 e. The van der Waals surface area contributed by atoms with Crippen molar-refractivity contribution in [3.63, 3.8) is 0 Å². The summed E-state index contributed by atoms with van der Waals surface area (Å²) >= 11 is 1.42. The number of nitrogens with zero attached hydrogens (tertiary/aromatic N) is 2.